The van der Waals surface area contributed by atoms with Gasteiger partial charge in [0.1, 0.15) is 5.82 Å². The Labute approximate surface area is 96.8 Å². The van der Waals surface area contributed by atoms with Crippen molar-refractivity contribution in [1.29, 1.82) is 0 Å². The molecule has 0 heterocycles. The minimum Gasteiger partial charge on any atom is -0.324 e. The first kappa shape index (κ1) is 14.6. The summed E-state index contributed by atoms with van der Waals surface area (Å²) >= 11 is 5.59. The molecule has 0 aromatic heterocycles. The SMILES string of the molecule is Cl.N[C@H](CC(F)F)c1cc(Cl)ccc1F. The molecule has 0 unspecified atom stereocenters. The van der Waals surface area contributed by atoms with Gasteiger partial charge in [-0.25, -0.2) is 13.2 Å². The monoisotopic (exact) mass is 259 g/mol. The van der Waals surface area contributed by atoms with Crippen LogP contribution in [0.5, 0.6) is 0 Å². The molecule has 0 radical (unpaired) electrons. The molecule has 0 saturated carbocycles. The third-order valence-corrected chi connectivity index (χ3v) is 2.02. The van der Waals surface area contributed by atoms with Crippen molar-refractivity contribution in [3.8, 4) is 0 Å². The van der Waals surface area contributed by atoms with Gasteiger partial charge >= 0.3 is 0 Å². The predicted octanol–water partition coefficient (Wildman–Crippen LogP) is 3.56. The van der Waals surface area contributed by atoms with Gasteiger partial charge in [0.2, 0.25) is 6.43 Å². The van der Waals surface area contributed by atoms with Crippen LogP contribution in [0.1, 0.15) is 18.0 Å². The van der Waals surface area contributed by atoms with Crippen molar-refractivity contribution in [2.75, 3.05) is 0 Å². The number of alkyl halides is 2. The van der Waals surface area contributed by atoms with Crippen molar-refractivity contribution in [3.63, 3.8) is 0 Å². The van der Waals surface area contributed by atoms with Gasteiger partial charge in [0.05, 0.1) is 0 Å². The maximum Gasteiger partial charge on any atom is 0.240 e. The normalized spacial score (nSPS) is 12.4. The first-order valence-corrected chi connectivity index (χ1v) is 4.37. The van der Waals surface area contributed by atoms with Crippen LogP contribution in [-0.2, 0) is 0 Å². The molecule has 0 spiro atoms. The van der Waals surface area contributed by atoms with Gasteiger partial charge < -0.3 is 5.73 Å². The summed E-state index contributed by atoms with van der Waals surface area (Å²) in [6.45, 7) is 0. The standard InChI is InChI=1S/C9H9ClF3N.ClH/c10-5-1-2-7(11)6(3-5)8(14)4-9(12)13;/h1-3,8-9H,4,14H2;1H/t8-;/m1./s1. The molecule has 0 aliphatic heterocycles. The van der Waals surface area contributed by atoms with Crippen LogP contribution in [0.25, 0.3) is 0 Å². The van der Waals surface area contributed by atoms with E-state index in [1.165, 1.54) is 12.1 Å². The van der Waals surface area contributed by atoms with Crippen molar-refractivity contribution >= 4 is 24.0 Å². The summed E-state index contributed by atoms with van der Waals surface area (Å²) < 4.78 is 37.0. The van der Waals surface area contributed by atoms with Gasteiger partial charge in [-0.1, -0.05) is 11.6 Å². The molecule has 0 aliphatic carbocycles. The highest BCUT2D eigenvalue weighted by molar-refractivity contribution is 6.30. The zero-order valence-electron chi connectivity index (χ0n) is 7.59. The number of halogens is 5. The molecular formula is C9H10Cl2F3N. The molecular weight excluding hydrogens is 250 g/mol. The molecule has 1 atom stereocenters. The van der Waals surface area contributed by atoms with E-state index in [9.17, 15) is 13.2 Å². The molecule has 0 fully saturated rings. The van der Waals surface area contributed by atoms with Crippen molar-refractivity contribution in [1.82, 2.24) is 0 Å². The molecule has 1 aromatic rings. The zero-order chi connectivity index (χ0) is 10.7. The lowest BCUT2D eigenvalue weighted by Crippen LogP contribution is -2.15. The fourth-order valence-corrected chi connectivity index (χ4v) is 1.30. The lowest BCUT2D eigenvalue weighted by atomic mass is 10.0. The number of hydrogen-bond acceptors (Lipinski definition) is 1. The van der Waals surface area contributed by atoms with Gasteiger partial charge in [0, 0.05) is 23.0 Å². The van der Waals surface area contributed by atoms with Crippen molar-refractivity contribution in [2.24, 2.45) is 5.73 Å². The first-order chi connectivity index (χ1) is 6.50. The van der Waals surface area contributed by atoms with E-state index in [4.69, 9.17) is 17.3 Å². The summed E-state index contributed by atoms with van der Waals surface area (Å²) in [5, 5.41) is 0.283. The minimum atomic E-state index is -2.55. The van der Waals surface area contributed by atoms with Crippen LogP contribution in [0.3, 0.4) is 0 Å². The fraction of sp³-hybridized carbons (Fsp3) is 0.333. The van der Waals surface area contributed by atoms with Crippen LogP contribution in [-0.4, -0.2) is 6.43 Å². The Hall–Kier alpha value is -0.450. The van der Waals surface area contributed by atoms with Crippen LogP contribution in [0.2, 0.25) is 5.02 Å². The lowest BCUT2D eigenvalue weighted by molar-refractivity contribution is 0.128. The maximum atomic E-state index is 13.1. The predicted molar refractivity (Wildman–Crippen MR) is 56.2 cm³/mol. The third-order valence-electron chi connectivity index (χ3n) is 1.79. The summed E-state index contributed by atoms with van der Waals surface area (Å²) in [7, 11) is 0. The molecule has 6 heteroatoms. The average molecular weight is 260 g/mol. The van der Waals surface area contributed by atoms with E-state index in [1.807, 2.05) is 0 Å². The average Bonchev–Trinajstić information content (AvgIpc) is 2.08. The Morgan fingerprint density at radius 2 is 1.93 bits per heavy atom. The third kappa shape index (κ3) is 4.28. The summed E-state index contributed by atoms with van der Waals surface area (Å²) in [6, 6.07) is 2.70. The molecule has 15 heavy (non-hydrogen) atoms. The highest BCUT2D eigenvalue weighted by Crippen LogP contribution is 2.23. The van der Waals surface area contributed by atoms with Crippen LogP contribution in [0, 0.1) is 5.82 Å². The quantitative estimate of drug-likeness (QED) is 0.883. The molecule has 0 aliphatic rings. The van der Waals surface area contributed by atoms with Gasteiger partial charge in [-0.3, -0.25) is 0 Å². The van der Waals surface area contributed by atoms with Gasteiger partial charge in [-0.2, -0.15) is 0 Å². The molecule has 0 amide bonds. The van der Waals surface area contributed by atoms with Crippen molar-refractivity contribution < 1.29 is 13.2 Å². The smallest absolute Gasteiger partial charge is 0.240 e. The van der Waals surface area contributed by atoms with Crippen molar-refractivity contribution in [3.05, 3.63) is 34.6 Å². The van der Waals surface area contributed by atoms with E-state index in [2.05, 4.69) is 0 Å². The minimum absolute atomic E-state index is 0. The molecule has 1 rings (SSSR count). The number of hydrogen-bond donors (Lipinski definition) is 1. The van der Waals surface area contributed by atoms with Crippen LogP contribution in [0.15, 0.2) is 18.2 Å². The largest absolute Gasteiger partial charge is 0.324 e. The second kappa shape index (κ2) is 6.20. The van der Waals surface area contributed by atoms with Gasteiger partial charge in [0.25, 0.3) is 0 Å². The lowest BCUT2D eigenvalue weighted by Gasteiger charge is -2.12. The first-order valence-electron chi connectivity index (χ1n) is 3.99. The number of rotatable bonds is 3. The van der Waals surface area contributed by atoms with Crippen LogP contribution < -0.4 is 5.73 Å². The van der Waals surface area contributed by atoms with Gasteiger partial charge in [-0.15, -0.1) is 12.4 Å². The highest BCUT2D eigenvalue weighted by atomic mass is 35.5. The van der Waals surface area contributed by atoms with Crippen LogP contribution in [0.4, 0.5) is 13.2 Å². The zero-order valence-corrected chi connectivity index (χ0v) is 9.16. The van der Waals surface area contributed by atoms with Gasteiger partial charge in [-0.05, 0) is 18.2 Å². The molecule has 0 saturated heterocycles. The molecule has 1 aromatic carbocycles. The molecule has 1 nitrogen and oxygen atoms in total. The maximum absolute atomic E-state index is 13.1. The van der Waals surface area contributed by atoms with Gasteiger partial charge in [0.15, 0.2) is 0 Å². The summed E-state index contributed by atoms with van der Waals surface area (Å²) in [6.07, 6.45) is -3.12. The van der Waals surface area contributed by atoms with E-state index in [0.29, 0.717) is 0 Å². The Morgan fingerprint density at radius 3 is 2.47 bits per heavy atom. The van der Waals surface area contributed by atoms with E-state index in [0.717, 1.165) is 6.07 Å². The van der Waals surface area contributed by atoms with E-state index >= 15 is 0 Å². The topological polar surface area (TPSA) is 26.0 Å². The number of benzene rings is 1. The second-order valence-corrected chi connectivity index (χ2v) is 3.34. The van der Waals surface area contributed by atoms with E-state index < -0.39 is 24.7 Å². The summed E-state index contributed by atoms with van der Waals surface area (Å²) in [5.74, 6) is -0.609. The van der Waals surface area contributed by atoms with E-state index in [-0.39, 0.29) is 23.0 Å². The fourth-order valence-electron chi connectivity index (χ4n) is 1.12. The highest BCUT2D eigenvalue weighted by Gasteiger charge is 2.16. The summed E-state index contributed by atoms with van der Waals surface area (Å²) in [4.78, 5) is 0. The van der Waals surface area contributed by atoms with E-state index in [1.54, 1.807) is 0 Å². The Kier molecular flexibility index (Phi) is 6.02. The second-order valence-electron chi connectivity index (χ2n) is 2.90. The Morgan fingerprint density at radius 1 is 1.33 bits per heavy atom. The molecule has 0 bridgehead atoms. The Balaban J connectivity index is 0.00000196. The Bertz CT molecular complexity index is 320. The number of nitrogens with two attached hydrogens (primary N) is 1. The summed E-state index contributed by atoms with van der Waals surface area (Å²) in [5.41, 5.74) is 5.41. The van der Waals surface area contributed by atoms with Crippen LogP contribution >= 0.6 is 24.0 Å². The van der Waals surface area contributed by atoms with Crippen molar-refractivity contribution in [2.45, 2.75) is 18.9 Å². The molecule has 2 N–H and O–H groups in total. The molecule has 86 valence electrons.